The second kappa shape index (κ2) is 8.61. The molecule has 0 aliphatic carbocycles. The molecule has 0 atom stereocenters. The third-order valence-electron chi connectivity index (χ3n) is 3.42. The lowest BCUT2D eigenvalue weighted by Crippen LogP contribution is -2.37. The molecule has 124 valence electrons. The van der Waals surface area contributed by atoms with Crippen molar-refractivity contribution in [1.82, 2.24) is 10.2 Å². The Hall–Kier alpha value is -0.970. The van der Waals surface area contributed by atoms with Gasteiger partial charge in [-0.3, -0.25) is 0 Å². The van der Waals surface area contributed by atoms with Gasteiger partial charge in [-0.05, 0) is 42.0 Å². The topological polar surface area (TPSA) is 52.6 Å². The number of benzene rings is 1. The van der Waals surface area contributed by atoms with Gasteiger partial charge in [0.05, 0.1) is 0 Å². The van der Waals surface area contributed by atoms with E-state index in [2.05, 4.69) is 5.32 Å². The molecule has 0 fully saturated rings. The van der Waals surface area contributed by atoms with E-state index in [1.54, 1.807) is 30.1 Å². The summed E-state index contributed by atoms with van der Waals surface area (Å²) in [6, 6.07) is 5.11. The third kappa shape index (κ3) is 6.86. The van der Waals surface area contributed by atoms with Crippen molar-refractivity contribution in [3.63, 3.8) is 0 Å². The number of halogens is 2. The van der Waals surface area contributed by atoms with E-state index < -0.39 is 0 Å². The van der Waals surface area contributed by atoms with Gasteiger partial charge in [0, 0.05) is 36.8 Å². The summed E-state index contributed by atoms with van der Waals surface area (Å²) in [5, 5.41) is 13.2. The van der Waals surface area contributed by atoms with Crippen LogP contribution in [0.1, 0.15) is 32.3 Å². The first-order valence-corrected chi connectivity index (χ1v) is 8.04. The zero-order valence-corrected chi connectivity index (χ0v) is 14.8. The smallest absolute Gasteiger partial charge is 0.317 e. The van der Waals surface area contributed by atoms with Crippen LogP contribution in [0.25, 0.3) is 0 Å². The number of carbonyl (C=O) groups excluding carboxylic acids is 1. The van der Waals surface area contributed by atoms with Crippen LogP contribution in [-0.2, 0) is 6.54 Å². The van der Waals surface area contributed by atoms with Crippen molar-refractivity contribution < 1.29 is 9.90 Å². The molecule has 6 heteroatoms. The third-order valence-corrected chi connectivity index (χ3v) is 3.86. The summed E-state index contributed by atoms with van der Waals surface area (Å²) in [6.45, 7) is 5.18. The molecule has 22 heavy (non-hydrogen) atoms. The first-order chi connectivity index (χ1) is 10.2. The lowest BCUT2D eigenvalue weighted by atomic mass is 9.89. The fourth-order valence-corrected chi connectivity index (χ4v) is 2.60. The average molecular weight is 347 g/mol. The molecular formula is C16H24Cl2N2O2. The zero-order valence-electron chi connectivity index (χ0n) is 13.3. The molecule has 2 N–H and O–H groups in total. The Balaban J connectivity index is 2.39. The standard InChI is InChI=1S/C16H24Cl2N2O2/c1-16(2,11-21)5-4-6-19-15(22)20(3)10-12-7-13(17)9-14(18)8-12/h7-9,21H,4-6,10-11H2,1-3H3,(H,19,22). The minimum absolute atomic E-state index is 0.103. The van der Waals surface area contributed by atoms with E-state index in [1.165, 1.54) is 0 Å². The number of aliphatic hydroxyl groups is 1. The molecule has 1 aromatic carbocycles. The van der Waals surface area contributed by atoms with E-state index in [4.69, 9.17) is 23.2 Å². The number of hydrogen-bond donors (Lipinski definition) is 2. The van der Waals surface area contributed by atoms with Crippen LogP contribution < -0.4 is 5.32 Å². The number of rotatable bonds is 7. The lowest BCUT2D eigenvalue weighted by molar-refractivity contribution is 0.147. The van der Waals surface area contributed by atoms with Gasteiger partial charge in [0.25, 0.3) is 0 Å². The summed E-state index contributed by atoms with van der Waals surface area (Å²) in [4.78, 5) is 13.6. The predicted molar refractivity (Wildman–Crippen MR) is 91.4 cm³/mol. The van der Waals surface area contributed by atoms with Gasteiger partial charge in [-0.1, -0.05) is 37.0 Å². The van der Waals surface area contributed by atoms with E-state index in [0.717, 1.165) is 18.4 Å². The van der Waals surface area contributed by atoms with Crippen molar-refractivity contribution in [2.45, 2.75) is 33.2 Å². The summed E-state index contributed by atoms with van der Waals surface area (Å²) in [5.74, 6) is 0. The monoisotopic (exact) mass is 346 g/mol. The number of amides is 2. The molecule has 0 aliphatic rings. The highest BCUT2D eigenvalue weighted by Crippen LogP contribution is 2.21. The Bertz CT molecular complexity index is 487. The first kappa shape index (κ1) is 19.1. The summed E-state index contributed by atoms with van der Waals surface area (Å²) < 4.78 is 0. The largest absolute Gasteiger partial charge is 0.396 e. The summed E-state index contributed by atoms with van der Waals surface area (Å²) in [6.07, 6.45) is 1.69. The van der Waals surface area contributed by atoms with E-state index in [9.17, 15) is 9.90 Å². The van der Waals surface area contributed by atoms with Crippen LogP contribution in [0.5, 0.6) is 0 Å². The maximum atomic E-state index is 12.0. The maximum absolute atomic E-state index is 12.0. The Morgan fingerprint density at radius 3 is 2.41 bits per heavy atom. The highest BCUT2D eigenvalue weighted by Gasteiger charge is 2.16. The fraction of sp³-hybridized carbons (Fsp3) is 0.562. The summed E-state index contributed by atoms with van der Waals surface area (Å²) >= 11 is 11.9. The molecule has 0 heterocycles. The van der Waals surface area contributed by atoms with Crippen LogP contribution in [0.3, 0.4) is 0 Å². The molecule has 1 aromatic rings. The molecule has 0 bridgehead atoms. The number of nitrogens with zero attached hydrogens (tertiary/aromatic N) is 1. The minimum Gasteiger partial charge on any atom is -0.396 e. The molecule has 0 aromatic heterocycles. The fourth-order valence-electron chi connectivity index (χ4n) is 2.02. The quantitative estimate of drug-likeness (QED) is 0.734. The molecule has 0 aliphatic heterocycles. The number of aliphatic hydroxyl groups excluding tert-OH is 1. The SMILES string of the molecule is CN(Cc1cc(Cl)cc(Cl)c1)C(=O)NCCCC(C)(C)CO. The Morgan fingerprint density at radius 1 is 1.27 bits per heavy atom. The van der Waals surface area contributed by atoms with Crippen LogP contribution >= 0.6 is 23.2 Å². The van der Waals surface area contributed by atoms with Crippen LogP contribution in [0.4, 0.5) is 4.79 Å². The van der Waals surface area contributed by atoms with E-state index >= 15 is 0 Å². The maximum Gasteiger partial charge on any atom is 0.317 e. The number of nitrogens with one attached hydrogen (secondary N) is 1. The van der Waals surface area contributed by atoms with Gasteiger partial charge in [0.15, 0.2) is 0 Å². The number of hydrogen-bond acceptors (Lipinski definition) is 2. The summed E-state index contributed by atoms with van der Waals surface area (Å²) in [7, 11) is 1.72. The van der Waals surface area contributed by atoms with Crippen LogP contribution in [0.15, 0.2) is 18.2 Å². The molecule has 2 amide bonds. The molecule has 4 nitrogen and oxygen atoms in total. The van der Waals surface area contributed by atoms with Gasteiger partial charge >= 0.3 is 6.03 Å². The van der Waals surface area contributed by atoms with Crippen molar-refractivity contribution in [2.24, 2.45) is 5.41 Å². The minimum atomic E-state index is -0.141. The van der Waals surface area contributed by atoms with Crippen molar-refractivity contribution in [3.05, 3.63) is 33.8 Å². The van der Waals surface area contributed by atoms with Gasteiger partial charge in [0.1, 0.15) is 0 Å². The molecule has 1 rings (SSSR count). The van der Waals surface area contributed by atoms with Gasteiger partial charge < -0.3 is 15.3 Å². The van der Waals surface area contributed by atoms with Gasteiger partial charge in [-0.25, -0.2) is 4.79 Å². The predicted octanol–water partition coefficient (Wildman–Crippen LogP) is 3.93. The van der Waals surface area contributed by atoms with Gasteiger partial charge in [-0.15, -0.1) is 0 Å². The lowest BCUT2D eigenvalue weighted by Gasteiger charge is -2.22. The Morgan fingerprint density at radius 2 is 1.86 bits per heavy atom. The first-order valence-electron chi connectivity index (χ1n) is 7.28. The molecule has 0 spiro atoms. The van der Waals surface area contributed by atoms with Crippen molar-refractivity contribution in [3.8, 4) is 0 Å². The highest BCUT2D eigenvalue weighted by molar-refractivity contribution is 6.34. The van der Waals surface area contributed by atoms with E-state index in [-0.39, 0.29) is 18.1 Å². The average Bonchev–Trinajstić information content (AvgIpc) is 2.42. The van der Waals surface area contributed by atoms with Gasteiger partial charge in [-0.2, -0.15) is 0 Å². The molecule has 0 radical (unpaired) electrons. The molecule has 0 saturated carbocycles. The molecular weight excluding hydrogens is 323 g/mol. The zero-order chi connectivity index (χ0) is 16.8. The normalized spacial score (nSPS) is 11.4. The van der Waals surface area contributed by atoms with Crippen molar-refractivity contribution in [1.29, 1.82) is 0 Å². The summed E-state index contributed by atoms with van der Waals surface area (Å²) in [5.41, 5.74) is 0.783. The molecule has 0 unspecified atom stereocenters. The van der Waals surface area contributed by atoms with E-state index in [0.29, 0.717) is 23.1 Å². The van der Waals surface area contributed by atoms with Gasteiger partial charge in [0.2, 0.25) is 0 Å². The van der Waals surface area contributed by atoms with Crippen LogP contribution in [0, 0.1) is 5.41 Å². The number of carbonyl (C=O) groups is 1. The Labute approximate surface area is 142 Å². The highest BCUT2D eigenvalue weighted by atomic mass is 35.5. The number of urea groups is 1. The van der Waals surface area contributed by atoms with Crippen LogP contribution in [0.2, 0.25) is 10.0 Å². The Kier molecular flexibility index (Phi) is 7.46. The van der Waals surface area contributed by atoms with Crippen molar-refractivity contribution >= 4 is 29.2 Å². The second-order valence-corrected chi connectivity index (χ2v) is 7.16. The van der Waals surface area contributed by atoms with E-state index in [1.807, 2.05) is 13.8 Å². The molecule has 0 saturated heterocycles. The van der Waals surface area contributed by atoms with Crippen LogP contribution in [-0.4, -0.2) is 36.2 Å². The van der Waals surface area contributed by atoms with Crippen molar-refractivity contribution in [2.75, 3.05) is 20.2 Å². The second-order valence-electron chi connectivity index (χ2n) is 6.29.